The summed E-state index contributed by atoms with van der Waals surface area (Å²) >= 11 is 0. The lowest BCUT2D eigenvalue weighted by Crippen LogP contribution is -2.48. The van der Waals surface area contributed by atoms with E-state index in [1.54, 1.807) is 6.08 Å². The van der Waals surface area contributed by atoms with Gasteiger partial charge in [0.15, 0.2) is 11.6 Å². The van der Waals surface area contributed by atoms with Gasteiger partial charge in [-0.1, -0.05) is 13.0 Å². The molecule has 0 saturated heterocycles. The third-order valence-corrected chi connectivity index (χ3v) is 6.53. The number of carbonyl (C=O) groups is 3. The molecule has 4 rings (SSSR count). The minimum atomic E-state index is -0.198. The van der Waals surface area contributed by atoms with Gasteiger partial charge < -0.3 is 0 Å². The smallest absolute Gasteiger partial charge is 0.178 e. The van der Waals surface area contributed by atoms with E-state index in [4.69, 9.17) is 0 Å². The summed E-state index contributed by atoms with van der Waals surface area (Å²) in [6.07, 6.45) is 9.18. The van der Waals surface area contributed by atoms with E-state index in [2.05, 4.69) is 6.92 Å². The number of ketones is 3. The molecular weight excluding hydrogens is 264 g/mol. The molecule has 4 aliphatic rings. The van der Waals surface area contributed by atoms with Gasteiger partial charge in [0.25, 0.3) is 0 Å². The molecule has 0 aliphatic heterocycles. The van der Waals surface area contributed by atoms with Crippen molar-refractivity contribution in [3.05, 3.63) is 23.8 Å². The standard InChI is InChI=1S/C18H20O3/c1-18-7-6-12-11-3-2-10(19)8-14(11)16(20)9-13(12)15(18)4-5-17(18)21/h2-3,8,11-13,15H,4-7,9H2,1H3/t11-,12-,13-,15+,18+/m1/s1. The zero-order valence-electron chi connectivity index (χ0n) is 12.3. The molecule has 3 saturated carbocycles. The SMILES string of the molecule is C[C@]12CC[C@H]3[C@@H](CC(=O)C4=CC(=O)C=C[C@@H]43)[C@@H]1CCC2=O. The van der Waals surface area contributed by atoms with Crippen molar-refractivity contribution in [1.82, 2.24) is 0 Å². The largest absolute Gasteiger partial charge is 0.299 e. The van der Waals surface area contributed by atoms with Crippen LogP contribution in [-0.4, -0.2) is 17.3 Å². The maximum atomic E-state index is 12.5. The minimum Gasteiger partial charge on any atom is -0.299 e. The van der Waals surface area contributed by atoms with E-state index in [1.165, 1.54) is 6.08 Å². The molecule has 0 aromatic rings. The molecule has 3 heteroatoms. The molecule has 21 heavy (non-hydrogen) atoms. The van der Waals surface area contributed by atoms with Crippen LogP contribution in [0.5, 0.6) is 0 Å². The highest BCUT2D eigenvalue weighted by Gasteiger charge is 2.57. The van der Waals surface area contributed by atoms with Crippen LogP contribution < -0.4 is 0 Å². The van der Waals surface area contributed by atoms with E-state index in [0.29, 0.717) is 36.4 Å². The summed E-state index contributed by atoms with van der Waals surface area (Å²) in [7, 11) is 0. The Balaban J connectivity index is 1.72. The van der Waals surface area contributed by atoms with Crippen LogP contribution in [0, 0.1) is 29.1 Å². The van der Waals surface area contributed by atoms with Crippen molar-refractivity contribution in [2.75, 3.05) is 0 Å². The lowest BCUT2D eigenvalue weighted by Gasteiger charge is -2.50. The molecule has 4 aliphatic carbocycles. The predicted molar refractivity (Wildman–Crippen MR) is 77.4 cm³/mol. The van der Waals surface area contributed by atoms with Gasteiger partial charge >= 0.3 is 0 Å². The second kappa shape index (κ2) is 4.25. The van der Waals surface area contributed by atoms with E-state index < -0.39 is 0 Å². The molecular formula is C18H20O3. The number of allylic oxidation sites excluding steroid dienone is 4. The summed E-state index contributed by atoms with van der Waals surface area (Å²) in [6, 6.07) is 0. The van der Waals surface area contributed by atoms with Gasteiger partial charge in [0.05, 0.1) is 0 Å². The summed E-state index contributed by atoms with van der Waals surface area (Å²) in [6.45, 7) is 2.11. The zero-order chi connectivity index (χ0) is 14.8. The highest BCUT2D eigenvalue weighted by Crippen LogP contribution is 2.59. The molecule has 0 N–H and O–H groups in total. The van der Waals surface area contributed by atoms with Crippen molar-refractivity contribution >= 4 is 17.3 Å². The van der Waals surface area contributed by atoms with Crippen LogP contribution >= 0.6 is 0 Å². The Hall–Kier alpha value is -1.51. The molecule has 0 spiro atoms. The average Bonchev–Trinajstić information content (AvgIpc) is 2.76. The Morgan fingerprint density at radius 3 is 2.76 bits per heavy atom. The van der Waals surface area contributed by atoms with Crippen LogP contribution in [0.4, 0.5) is 0 Å². The topological polar surface area (TPSA) is 51.2 Å². The van der Waals surface area contributed by atoms with Crippen molar-refractivity contribution in [2.45, 2.75) is 39.0 Å². The molecule has 3 nitrogen and oxygen atoms in total. The summed E-state index contributed by atoms with van der Waals surface area (Å²) in [5.41, 5.74) is 0.522. The lowest BCUT2D eigenvalue weighted by molar-refractivity contribution is -0.133. The average molecular weight is 284 g/mol. The lowest BCUT2D eigenvalue weighted by atomic mass is 9.53. The third kappa shape index (κ3) is 1.69. The van der Waals surface area contributed by atoms with Crippen molar-refractivity contribution in [3.8, 4) is 0 Å². The van der Waals surface area contributed by atoms with E-state index in [-0.39, 0.29) is 22.9 Å². The first-order valence-electron chi connectivity index (χ1n) is 8.01. The van der Waals surface area contributed by atoms with Crippen molar-refractivity contribution in [3.63, 3.8) is 0 Å². The maximum absolute atomic E-state index is 12.5. The minimum absolute atomic E-state index is 0.0651. The second-order valence-electron chi connectivity index (χ2n) is 7.37. The molecule has 3 fully saturated rings. The predicted octanol–water partition coefficient (Wildman–Crippen LogP) is 2.65. The molecule has 0 amide bonds. The van der Waals surface area contributed by atoms with Gasteiger partial charge in [0, 0.05) is 29.7 Å². The van der Waals surface area contributed by atoms with E-state index >= 15 is 0 Å². The Morgan fingerprint density at radius 2 is 1.95 bits per heavy atom. The number of hydrogen-bond donors (Lipinski definition) is 0. The van der Waals surface area contributed by atoms with Crippen LogP contribution in [0.3, 0.4) is 0 Å². The highest BCUT2D eigenvalue weighted by molar-refractivity contribution is 6.09. The highest BCUT2D eigenvalue weighted by atomic mass is 16.1. The molecule has 0 heterocycles. The van der Waals surface area contributed by atoms with E-state index in [0.717, 1.165) is 24.8 Å². The molecule has 0 radical (unpaired) electrons. The Bertz CT molecular complexity index is 612. The summed E-state index contributed by atoms with van der Waals surface area (Å²) < 4.78 is 0. The molecule has 5 atom stereocenters. The molecule has 0 aromatic carbocycles. The monoisotopic (exact) mass is 284 g/mol. The Morgan fingerprint density at radius 1 is 1.14 bits per heavy atom. The zero-order valence-corrected chi connectivity index (χ0v) is 12.3. The molecule has 110 valence electrons. The van der Waals surface area contributed by atoms with Gasteiger partial charge in [-0.15, -0.1) is 0 Å². The number of fused-ring (bicyclic) bond motifs is 5. The first kappa shape index (κ1) is 13.2. The third-order valence-electron chi connectivity index (χ3n) is 6.53. The quantitative estimate of drug-likeness (QED) is 0.687. The van der Waals surface area contributed by atoms with Crippen LogP contribution in [-0.2, 0) is 14.4 Å². The number of hydrogen-bond acceptors (Lipinski definition) is 3. The molecule has 0 aromatic heterocycles. The fourth-order valence-corrected chi connectivity index (χ4v) is 5.40. The first-order valence-corrected chi connectivity index (χ1v) is 8.01. The van der Waals surface area contributed by atoms with Crippen LogP contribution in [0.2, 0.25) is 0 Å². The summed E-state index contributed by atoms with van der Waals surface area (Å²) in [5, 5.41) is 0. The van der Waals surface area contributed by atoms with Gasteiger partial charge in [0.1, 0.15) is 5.78 Å². The number of rotatable bonds is 0. The Kier molecular flexibility index (Phi) is 2.66. The Labute approximate surface area is 124 Å². The fraction of sp³-hybridized carbons (Fsp3) is 0.611. The second-order valence-corrected chi connectivity index (χ2v) is 7.37. The van der Waals surface area contributed by atoms with Gasteiger partial charge in [0.2, 0.25) is 0 Å². The first-order chi connectivity index (χ1) is 10.0. The van der Waals surface area contributed by atoms with Gasteiger partial charge in [-0.2, -0.15) is 0 Å². The van der Waals surface area contributed by atoms with Crippen molar-refractivity contribution in [1.29, 1.82) is 0 Å². The van der Waals surface area contributed by atoms with Gasteiger partial charge in [-0.25, -0.2) is 0 Å². The van der Waals surface area contributed by atoms with Gasteiger partial charge in [-0.3, -0.25) is 14.4 Å². The van der Waals surface area contributed by atoms with Crippen LogP contribution in [0.25, 0.3) is 0 Å². The molecule has 0 unspecified atom stereocenters. The van der Waals surface area contributed by atoms with Crippen LogP contribution in [0.15, 0.2) is 23.8 Å². The van der Waals surface area contributed by atoms with Crippen LogP contribution in [0.1, 0.15) is 39.0 Å². The van der Waals surface area contributed by atoms with Crippen molar-refractivity contribution < 1.29 is 14.4 Å². The number of carbonyl (C=O) groups excluding carboxylic acids is 3. The maximum Gasteiger partial charge on any atom is 0.178 e. The van der Waals surface area contributed by atoms with E-state index in [9.17, 15) is 14.4 Å². The van der Waals surface area contributed by atoms with Gasteiger partial charge in [-0.05, 0) is 49.2 Å². The summed E-state index contributed by atoms with van der Waals surface area (Å²) in [5.74, 6) is 1.68. The fourth-order valence-electron chi connectivity index (χ4n) is 5.40. The number of Topliss-reactive ketones (excluding diaryl/α,β-unsaturated/α-hetero) is 2. The normalized spacial score (nSPS) is 45.0. The van der Waals surface area contributed by atoms with E-state index in [1.807, 2.05) is 6.08 Å². The summed E-state index contributed by atoms with van der Waals surface area (Å²) in [4.78, 5) is 36.3. The molecule has 0 bridgehead atoms. The van der Waals surface area contributed by atoms with Crippen molar-refractivity contribution in [2.24, 2.45) is 29.1 Å².